The first kappa shape index (κ1) is 12.3. The van der Waals surface area contributed by atoms with E-state index in [1.807, 2.05) is 0 Å². The van der Waals surface area contributed by atoms with Crippen LogP contribution in [0, 0.1) is 0 Å². The maximum Gasteiger partial charge on any atom is 0.425 e. The molecule has 15 heavy (non-hydrogen) atoms. The molecule has 1 rings (SSSR count). The second-order valence-electron chi connectivity index (χ2n) is 2.98. The topological polar surface area (TPSA) is 20.2 Å². The molecule has 0 saturated heterocycles. The van der Waals surface area contributed by atoms with Gasteiger partial charge in [0.2, 0.25) is 5.60 Å². The Morgan fingerprint density at radius 2 is 1.67 bits per heavy atom. The SMILES string of the molecule is C=CC(O)(c1ccc(Br)cc1)C(F)(F)F. The maximum absolute atomic E-state index is 12.6. The molecule has 1 aromatic carbocycles. The molecule has 1 aromatic rings. The molecule has 0 aliphatic carbocycles. The molecule has 82 valence electrons. The molecule has 0 bridgehead atoms. The van der Waals surface area contributed by atoms with Crippen molar-refractivity contribution in [3.05, 3.63) is 47.0 Å². The third-order valence-corrected chi connectivity index (χ3v) is 2.54. The first-order valence-electron chi connectivity index (χ1n) is 4.00. The van der Waals surface area contributed by atoms with Crippen LogP contribution in [-0.2, 0) is 5.60 Å². The van der Waals surface area contributed by atoms with Gasteiger partial charge in [0, 0.05) is 4.47 Å². The fourth-order valence-corrected chi connectivity index (χ4v) is 1.37. The van der Waals surface area contributed by atoms with Crippen LogP contribution in [0.15, 0.2) is 41.4 Å². The maximum atomic E-state index is 12.6. The third kappa shape index (κ3) is 2.23. The highest BCUT2D eigenvalue weighted by Gasteiger charge is 2.52. The van der Waals surface area contributed by atoms with Crippen LogP contribution in [0.4, 0.5) is 13.2 Å². The largest absolute Gasteiger partial charge is 0.425 e. The monoisotopic (exact) mass is 280 g/mol. The van der Waals surface area contributed by atoms with Gasteiger partial charge in [-0.1, -0.05) is 34.6 Å². The summed E-state index contributed by atoms with van der Waals surface area (Å²) in [5.74, 6) is 0. The van der Waals surface area contributed by atoms with Crippen LogP contribution in [-0.4, -0.2) is 11.3 Å². The van der Waals surface area contributed by atoms with Crippen LogP contribution in [0.25, 0.3) is 0 Å². The molecule has 5 heteroatoms. The van der Waals surface area contributed by atoms with Crippen LogP contribution in [0.1, 0.15) is 5.56 Å². The summed E-state index contributed by atoms with van der Waals surface area (Å²) in [5.41, 5.74) is -3.25. The van der Waals surface area contributed by atoms with Crippen molar-refractivity contribution in [2.45, 2.75) is 11.8 Å². The number of benzene rings is 1. The number of hydrogen-bond donors (Lipinski definition) is 1. The van der Waals surface area contributed by atoms with Gasteiger partial charge < -0.3 is 5.11 Å². The Hall–Kier alpha value is -0.810. The zero-order chi connectivity index (χ0) is 11.7. The van der Waals surface area contributed by atoms with Gasteiger partial charge in [0.05, 0.1) is 0 Å². The molecule has 0 aliphatic heterocycles. The average molecular weight is 281 g/mol. The molecule has 0 heterocycles. The van der Waals surface area contributed by atoms with Gasteiger partial charge in [-0.05, 0) is 23.8 Å². The highest BCUT2D eigenvalue weighted by molar-refractivity contribution is 9.10. The second-order valence-corrected chi connectivity index (χ2v) is 3.89. The average Bonchev–Trinajstić information content (AvgIpc) is 2.16. The lowest BCUT2D eigenvalue weighted by atomic mass is 9.93. The minimum Gasteiger partial charge on any atom is -0.373 e. The summed E-state index contributed by atoms with van der Waals surface area (Å²) in [6.07, 6.45) is -4.29. The van der Waals surface area contributed by atoms with E-state index in [0.717, 1.165) is 0 Å². The summed E-state index contributed by atoms with van der Waals surface area (Å²) < 4.78 is 38.3. The van der Waals surface area contributed by atoms with E-state index in [9.17, 15) is 18.3 Å². The molecule has 0 amide bonds. The van der Waals surface area contributed by atoms with Gasteiger partial charge in [-0.3, -0.25) is 0 Å². The van der Waals surface area contributed by atoms with Crippen molar-refractivity contribution in [2.24, 2.45) is 0 Å². The van der Waals surface area contributed by atoms with E-state index < -0.39 is 11.8 Å². The molecule has 0 aliphatic rings. The zero-order valence-electron chi connectivity index (χ0n) is 7.55. The Bertz CT molecular complexity index is 358. The van der Waals surface area contributed by atoms with Crippen molar-refractivity contribution >= 4 is 15.9 Å². The van der Waals surface area contributed by atoms with E-state index >= 15 is 0 Å². The van der Waals surface area contributed by atoms with Crippen molar-refractivity contribution in [3.63, 3.8) is 0 Å². The third-order valence-electron chi connectivity index (χ3n) is 2.01. The van der Waals surface area contributed by atoms with E-state index in [0.29, 0.717) is 10.5 Å². The van der Waals surface area contributed by atoms with Crippen molar-refractivity contribution < 1.29 is 18.3 Å². The molecule has 1 atom stereocenters. The fraction of sp³-hybridized carbons (Fsp3) is 0.200. The first-order chi connectivity index (χ1) is 6.81. The van der Waals surface area contributed by atoms with Gasteiger partial charge in [-0.25, -0.2) is 0 Å². The fourth-order valence-electron chi connectivity index (χ4n) is 1.10. The summed E-state index contributed by atoms with van der Waals surface area (Å²) in [5, 5.41) is 9.46. The van der Waals surface area contributed by atoms with E-state index in [4.69, 9.17) is 0 Å². The van der Waals surface area contributed by atoms with Gasteiger partial charge in [-0.15, -0.1) is 0 Å². The van der Waals surface area contributed by atoms with Crippen LogP contribution >= 0.6 is 15.9 Å². The number of halogens is 4. The summed E-state index contributed by atoms with van der Waals surface area (Å²) in [7, 11) is 0. The molecule has 1 unspecified atom stereocenters. The molecule has 0 radical (unpaired) electrons. The Labute approximate surface area is 93.4 Å². The highest BCUT2D eigenvalue weighted by Crippen LogP contribution is 2.39. The summed E-state index contributed by atoms with van der Waals surface area (Å²) >= 11 is 3.10. The van der Waals surface area contributed by atoms with Gasteiger partial charge in [0.1, 0.15) is 0 Å². The van der Waals surface area contributed by atoms with Crippen molar-refractivity contribution in [3.8, 4) is 0 Å². The minimum atomic E-state index is -4.78. The van der Waals surface area contributed by atoms with Crippen LogP contribution < -0.4 is 0 Å². The standard InChI is InChI=1S/C10H8BrF3O/c1-2-9(15,10(12,13)14)7-3-5-8(11)6-4-7/h2-6,15H,1H2. The quantitative estimate of drug-likeness (QED) is 0.824. The Kier molecular flexibility index (Phi) is 3.25. The molecule has 0 spiro atoms. The highest BCUT2D eigenvalue weighted by atomic mass is 79.9. The first-order valence-corrected chi connectivity index (χ1v) is 4.79. The molecule has 0 aromatic heterocycles. The van der Waals surface area contributed by atoms with Crippen molar-refractivity contribution in [1.29, 1.82) is 0 Å². The summed E-state index contributed by atoms with van der Waals surface area (Å²) in [4.78, 5) is 0. The van der Waals surface area contributed by atoms with Crippen LogP contribution in [0.2, 0.25) is 0 Å². The lowest BCUT2D eigenvalue weighted by Crippen LogP contribution is -2.40. The van der Waals surface area contributed by atoms with Gasteiger partial charge in [0.15, 0.2) is 0 Å². The molecule has 1 nitrogen and oxygen atoms in total. The van der Waals surface area contributed by atoms with Crippen LogP contribution in [0.3, 0.4) is 0 Å². The summed E-state index contributed by atoms with van der Waals surface area (Å²) in [6, 6.07) is 5.24. The number of rotatable bonds is 2. The predicted molar refractivity (Wildman–Crippen MR) is 54.3 cm³/mol. The van der Waals surface area contributed by atoms with Crippen molar-refractivity contribution in [2.75, 3.05) is 0 Å². The summed E-state index contributed by atoms with van der Waals surface area (Å²) in [6.45, 7) is 3.02. The lowest BCUT2D eigenvalue weighted by Gasteiger charge is -2.27. The Morgan fingerprint density at radius 1 is 1.20 bits per heavy atom. The van der Waals surface area contributed by atoms with Gasteiger partial charge >= 0.3 is 6.18 Å². The second kappa shape index (κ2) is 3.98. The number of alkyl halides is 3. The number of hydrogen-bond acceptors (Lipinski definition) is 1. The van der Waals surface area contributed by atoms with Gasteiger partial charge in [0.25, 0.3) is 0 Å². The smallest absolute Gasteiger partial charge is 0.373 e. The Balaban J connectivity index is 3.24. The van der Waals surface area contributed by atoms with E-state index in [2.05, 4.69) is 22.5 Å². The lowest BCUT2D eigenvalue weighted by molar-refractivity contribution is -0.245. The molecular weight excluding hydrogens is 273 g/mol. The predicted octanol–water partition coefficient (Wildman–Crippen LogP) is 3.39. The van der Waals surface area contributed by atoms with E-state index in [1.165, 1.54) is 24.3 Å². The van der Waals surface area contributed by atoms with E-state index in [1.54, 1.807) is 0 Å². The minimum absolute atomic E-state index is 0.256. The molecule has 1 N–H and O–H groups in total. The number of aliphatic hydroxyl groups is 1. The molecule has 0 fully saturated rings. The molecular formula is C10H8BrF3O. The van der Waals surface area contributed by atoms with Crippen molar-refractivity contribution in [1.82, 2.24) is 0 Å². The van der Waals surface area contributed by atoms with Crippen LogP contribution in [0.5, 0.6) is 0 Å². The van der Waals surface area contributed by atoms with E-state index in [-0.39, 0.29) is 5.56 Å². The normalized spacial score (nSPS) is 15.8. The zero-order valence-corrected chi connectivity index (χ0v) is 9.14. The molecule has 0 saturated carbocycles. The Morgan fingerprint density at radius 3 is 2.00 bits per heavy atom. The van der Waals surface area contributed by atoms with Gasteiger partial charge in [-0.2, -0.15) is 13.2 Å².